The third kappa shape index (κ3) is 2.71. The Labute approximate surface area is 115 Å². The Kier molecular flexibility index (Phi) is 4.21. The molecular weight excluding hydrogens is 298 g/mol. The zero-order valence-electron chi connectivity index (χ0n) is 9.45. The molecule has 17 heavy (non-hydrogen) atoms. The third-order valence-electron chi connectivity index (χ3n) is 2.72. The van der Waals surface area contributed by atoms with Gasteiger partial charge in [0.1, 0.15) is 0 Å². The standard InChI is InChI=1S/C14H13BrClN/c1-17-14(10-6-2-4-8-12(10)15)11-7-3-5-9-13(11)16/h2-9,14,17H,1H3. The zero-order chi connectivity index (χ0) is 12.3. The molecule has 2 aromatic rings. The average Bonchev–Trinajstić information content (AvgIpc) is 2.34. The molecule has 0 fully saturated rings. The van der Waals surface area contributed by atoms with Crippen molar-refractivity contribution in [1.82, 2.24) is 5.32 Å². The second-order valence-corrected chi connectivity index (χ2v) is 5.03. The van der Waals surface area contributed by atoms with E-state index in [9.17, 15) is 0 Å². The third-order valence-corrected chi connectivity index (χ3v) is 3.79. The molecule has 0 spiro atoms. The molecule has 0 amide bonds. The summed E-state index contributed by atoms with van der Waals surface area (Å²) in [4.78, 5) is 0. The van der Waals surface area contributed by atoms with E-state index in [2.05, 4.69) is 27.3 Å². The first-order valence-corrected chi connectivity index (χ1v) is 6.57. The fourth-order valence-corrected chi connectivity index (χ4v) is 2.66. The molecule has 3 heteroatoms. The van der Waals surface area contributed by atoms with E-state index in [1.54, 1.807) is 0 Å². The molecule has 0 aliphatic heterocycles. The molecular formula is C14H13BrClN. The van der Waals surface area contributed by atoms with Crippen LogP contribution in [0.4, 0.5) is 0 Å². The SMILES string of the molecule is CNC(c1ccccc1Cl)c1ccccc1Br. The lowest BCUT2D eigenvalue weighted by atomic mass is 9.99. The highest BCUT2D eigenvalue weighted by atomic mass is 79.9. The van der Waals surface area contributed by atoms with Gasteiger partial charge in [-0.15, -0.1) is 0 Å². The molecule has 1 unspecified atom stereocenters. The molecule has 0 aromatic heterocycles. The smallest absolute Gasteiger partial charge is 0.0600 e. The maximum atomic E-state index is 6.24. The quantitative estimate of drug-likeness (QED) is 0.885. The van der Waals surface area contributed by atoms with E-state index in [1.165, 1.54) is 5.56 Å². The lowest BCUT2D eigenvalue weighted by Gasteiger charge is -2.19. The van der Waals surface area contributed by atoms with Gasteiger partial charge in [-0.25, -0.2) is 0 Å². The summed E-state index contributed by atoms with van der Waals surface area (Å²) in [6.45, 7) is 0. The van der Waals surface area contributed by atoms with Gasteiger partial charge in [0.25, 0.3) is 0 Å². The van der Waals surface area contributed by atoms with Crippen molar-refractivity contribution in [2.24, 2.45) is 0 Å². The van der Waals surface area contributed by atoms with E-state index in [-0.39, 0.29) is 6.04 Å². The van der Waals surface area contributed by atoms with Crippen molar-refractivity contribution in [2.45, 2.75) is 6.04 Å². The topological polar surface area (TPSA) is 12.0 Å². The van der Waals surface area contributed by atoms with Crippen LogP contribution in [0.15, 0.2) is 53.0 Å². The van der Waals surface area contributed by atoms with Crippen molar-refractivity contribution in [1.29, 1.82) is 0 Å². The fraction of sp³-hybridized carbons (Fsp3) is 0.143. The first kappa shape index (κ1) is 12.6. The van der Waals surface area contributed by atoms with Crippen LogP contribution in [0.2, 0.25) is 5.02 Å². The van der Waals surface area contributed by atoms with E-state index in [0.29, 0.717) is 0 Å². The Bertz CT molecular complexity index is 468. The van der Waals surface area contributed by atoms with Crippen LogP contribution in [0.1, 0.15) is 17.2 Å². The van der Waals surface area contributed by atoms with E-state index in [0.717, 1.165) is 15.1 Å². The van der Waals surface area contributed by atoms with Crippen LogP contribution in [0.5, 0.6) is 0 Å². The number of hydrogen-bond acceptors (Lipinski definition) is 1. The summed E-state index contributed by atoms with van der Waals surface area (Å²) in [5.74, 6) is 0. The zero-order valence-corrected chi connectivity index (χ0v) is 11.8. The van der Waals surface area contributed by atoms with E-state index in [1.807, 2.05) is 49.5 Å². The van der Waals surface area contributed by atoms with Crippen molar-refractivity contribution in [2.75, 3.05) is 7.05 Å². The Morgan fingerprint density at radius 1 is 1.00 bits per heavy atom. The molecule has 0 heterocycles. The summed E-state index contributed by atoms with van der Waals surface area (Å²) in [5, 5.41) is 4.08. The summed E-state index contributed by atoms with van der Waals surface area (Å²) in [6.07, 6.45) is 0. The molecule has 0 aliphatic rings. The highest BCUT2D eigenvalue weighted by molar-refractivity contribution is 9.10. The van der Waals surface area contributed by atoms with Gasteiger partial charge < -0.3 is 5.32 Å². The van der Waals surface area contributed by atoms with Crippen molar-refractivity contribution in [3.63, 3.8) is 0 Å². The van der Waals surface area contributed by atoms with Crippen LogP contribution in [-0.2, 0) is 0 Å². The number of halogens is 2. The first-order chi connectivity index (χ1) is 8.24. The fourth-order valence-electron chi connectivity index (χ4n) is 1.90. The Balaban J connectivity index is 2.48. The largest absolute Gasteiger partial charge is 0.309 e. The van der Waals surface area contributed by atoms with Crippen molar-refractivity contribution in [3.8, 4) is 0 Å². The molecule has 2 aromatic carbocycles. The lowest BCUT2D eigenvalue weighted by molar-refractivity contribution is 0.689. The Hall–Kier alpha value is -0.830. The van der Waals surface area contributed by atoms with Gasteiger partial charge >= 0.3 is 0 Å². The molecule has 0 aliphatic carbocycles. The van der Waals surface area contributed by atoms with Gasteiger partial charge in [0, 0.05) is 9.50 Å². The van der Waals surface area contributed by atoms with Gasteiger partial charge in [-0.3, -0.25) is 0 Å². The van der Waals surface area contributed by atoms with Gasteiger partial charge in [-0.1, -0.05) is 63.9 Å². The second-order valence-electron chi connectivity index (χ2n) is 3.76. The number of benzene rings is 2. The highest BCUT2D eigenvalue weighted by Crippen LogP contribution is 2.31. The molecule has 1 atom stereocenters. The number of nitrogens with one attached hydrogen (secondary N) is 1. The highest BCUT2D eigenvalue weighted by Gasteiger charge is 2.16. The van der Waals surface area contributed by atoms with Crippen LogP contribution >= 0.6 is 27.5 Å². The summed E-state index contributed by atoms with van der Waals surface area (Å²) < 4.78 is 1.08. The monoisotopic (exact) mass is 309 g/mol. The van der Waals surface area contributed by atoms with Crippen LogP contribution in [0.25, 0.3) is 0 Å². The maximum Gasteiger partial charge on any atom is 0.0600 e. The van der Waals surface area contributed by atoms with Gasteiger partial charge in [0.2, 0.25) is 0 Å². The van der Waals surface area contributed by atoms with E-state index in [4.69, 9.17) is 11.6 Å². The summed E-state index contributed by atoms with van der Waals surface area (Å²) in [5.41, 5.74) is 2.27. The first-order valence-electron chi connectivity index (χ1n) is 5.40. The molecule has 1 nitrogen and oxygen atoms in total. The predicted molar refractivity (Wildman–Crippen MR) is 76.5 cm³/mol. The van der Waals surface area contributed by atoms with Crippen molar-refractivity contribution < 1.29 is 0 Å². The van der Waals surface area contributed by atoms with E-state index >= 15 is 0 Å². The van der Waals surface area contributed by atoms with Crippen LogP contribution in [-0.4, -0.2) is 7.05 Å². The molecule has 0 saturated heterocycles. The number of hydrogen-bond donors (Lipinski definition) is 1. The minimum Gasteiger partial charge on any atom is -0.309 e. The Morgan fingerprint density at radius 3 is 2.18 bits per heavy atom. The maximum absolute atomic E-state index is 6.24. The normalized spacial score (nSPS) is 12.4. The molecule has 0 saturated carbocycles. The van der Waals surface area contributed by atoms with Crippen molar-refractivity contribution >= 4 is 27.5 Å². The Morgan fingerprint density at radius 2 is 1.59 bits per heavy atom. The van der Waals surface area contributed by atoms with Gasteiger partial charge in [0.05, 0.1) is 6.04 Å². The van der Waals surface area contributed by atoms with Gasteiger partial charge in [0.15, 0.2) is 0 Å². The minimum absolute atomic E-state index is 0.0966. The average molecular weight is 311 g/mol. The van der Waals surface area contributed by atoms with Gasteiger partial charge in [-0.05, 0) is 30.3 Å². The molecule has 2 rings (SSSR count). The lowest BCUT2D eigenvalue weighted by Crippen LogP contribution is -2.18. The molecule has 1 N–H and O–H groups in total. The predicted octanol–water partition coefficient (Wildman–Crippen LogP) is 4.41. The van der Waals surface area contributed by atoms with E-state index < -0.39 is 0 Å². The summed E-state index contributed by atoms with van der Waals surface area (Å²) in [7, 11) is 1.94. The summed E-state index contributed by atoms with van der Waals surface area (Å²) in [6, 6.07) is 16.2. The van der Waals surface area contributed by atoms with Crippen molar-refractivity contribution in [3.05, 3.63) is 69.2 Å². The summed E-state index contributed by atoms with van der Waals surface area (Å²) >= 11 is 9.82. The van der Waals surface area contributed by atoms with Gasteiger partial charge in [-0.2, -0.15) is 0 Å². The molecule has 0 bridgehead atoms. The van der Waals surface area contributed by atoms with Crippen LogP contribution in [0, 0.1) is 0 Å². The van der Waals surface area contributed by atoms with Crippen LogP contribution in [0.3, 0.4) is 0 Å². The van der Waals surface area contributed by atoms with Crippen LogP contribution < -0.4 is 5.32 Å². The molecule has 88 valence electrons. The molecule has 0 radical (unpaired) electrons. The minimum atomic E-state index is 0.0966. The second kappa shape index (κ2) is 5.67. The number of rotatable bonds is 3.